The minimum Gasteiger partial charge on any atom is -0.376 e. The van der Waals surface area contributed by atoms with Gasteiger partial charge in [-0.25, -0.2) is 0 Å². The molecule has 1 aliphatic rings. The molecule has 34 heavy (non-hydrogen) atoms. The van der Waals surface area contributed by atoms with Crippen LogP contribution in [0, 0.1) is 25.2 Å². The standard InChI is InChI=1S/C27H24N4O3/c1-17-7-9-19(10-8-17)26(32)29-25-20(15-28)13-22-24(31(25)16-21-6-4-12-34-21)14-23-18(2)5-3-11-30(23)27(22)33/h3,5,7-11,13-14,21H,4,6,12,16H2,1-2H3/t21-/m0/s1. The number of benzene rings is 1. The van der Waals surface area contributed by atoms with Gasteiger partial charge in [0.1, 0.15) is 6.07 Å². The number of nitriles is 1. The highest BCUT2D eigenvalue weighted by molar-refractivity contribution is 5.95. The van der Waals surface area contributed by atoms with Gasteiger partial charge in [-0.05, 0) is 62.6 Å². The average molecular weight is 453 g/mol. The summed E-state index contributed by atoms with van der Waals surface area (Å²) in [6.07, 6.45) is 3.45. The lowest BCUT2D eigenvalue weighted by molar-refractivity contribution is 0.0953. The van der Waals surface area contributed by atoms with Crippen LogP contribution in [-0.2, 0) is 11.3 Å². The summed E-state index contributed by atoms with van der Waals surface area (Å²) < 4.78 is 9.26. The Morgan fingerprint density at radius 2 is 1.97 bits per heavy atom. The first-order valence-electron chi connectivity index (χ1n) is 11.3. The number of carbonyl (C=O) groups is 1. The third-order valence-electron chi connectivity index (χ3n) is 6.36. The molecule has 0 spiro atoms. The normalized spacial score (nSPS) is 16.3. The van der Waals surface area contributed by atoms with Gasteiger partial charge in [0.2, 0.25) is 0 Å². The van der Waals surface area contributed by atoms with Crippen LogP contribution in [0.3, 0.4) is 0 Å². The minimum absolute atomic E-state index is 0.0825. The largest absolute Gasteiger partial charge is 0.376 e. The van der Waals surface area contributed by atoms with Crippen LogP contribution in [0.4, 0.5) is 0 Å². The number of nitrogens with zero attached hydrogens (tertiary/aromatic N) is 4. The lowest BCUT2D eigenvalue weighted by Gasteiger charge is -2.18. The SMILES string of the molecule is Cc1ccc(C(=O)N=c2c(C#N)cc3c(=O)n4cccc(C)c4cc3n2C[C@@H]2CCCO2)cc1. The van der Waals surface area contributed by atoms with E-state index >= 15 is 0 Å². The van der Waals surface area contributed by atoms with Gasteiger partial charge in [-0.2, -0.15) is 10.3 Å². The molecule has 7 nitrogen and oxygen atoms in total. The second kappa shape index (κ2) is 8.73. The van der Waals surface area contributed by atoms with Crippen molar-refractivity contribution in [2.75, 3.05) is 6.61 Å². The zero-order chi connectivity index (χ0) is 23.8. The van der Waals surface area contributed by atoms with Crippen molar-refractivity contribution in [1.82, 2.24) is 8.97 Å². The molecule has 5 rings (SSSR count). The zero-order valence-electron chi connectivity index (χ0n) is 19.1. The molecule has 1 aromatic carbocycles. The first-order chi connectivity index (χ1) is 16.5. The summed E-state index contributed by atoms with van der Waals surface area (Å²) in [4.78, 5) is 30.9. The molecular weight excluding hydrogens is 428 g/mol. The van der Waals surface area contributed by atoms with Crippen LogP contribution in [0.2, 0.25) is 0 Å². The Kier molecular flexibility index (Phi) is 5.60. The Balaban J connectivity index is 1.84. The summed E-state index contributed by atoms with van der Waals surface area (Å²) in [5.41, 5.74) is 4.02. The Labute approximate surface area is 196 Å². The van der Waals surface area contributed by atoms with Crippen LogP contribution in [0.15, 0.2) is 64.5 Å². The van der Waals surface area contributed by atoms with Gasteiger partial charge in [0.05, 0.1) is 34.6 Å². The fourth-order valence-corrected chi connectivity index (χ4v) is 4.50. The van der Waals surface area contributed by atoms with Gasteiger partial charge in [-0.1, -0.05) is 23.8 Å². The van der Waals surface area contributed by atoms with Gasteiger partial charge in [0, 0.05) is 18.4 Å². The van der Waals surface area contributed by atoms with E-state index in [1.807, 2.05) is 48.7 Å². The molecule has 1 atom stereocenters. The van der Waals surface area contributed by atoms with Crippen molar-refractivity contribution < 1.29 is 9.53 Å². The zero-order valence-corrected chi connectivity index (χ0v) is 19.1. The van der Waals surface area contributed by atoms with Crippen LogP contribution < -0.4 is 11.0 Å². The van der Waals surface area contributed by atoms with Gasteiger partial charge in [0.25, 0.3) is 11.5 Å². The van der Waals surface area contributed by atoms with Crippen molar-refractivity contribution in [3.63, 3.8) is 0 Å². The number of ether oxygens (including phenoxy) is 1. The summed E-state index contributed by atoms with van der Waals surface area (Å²) in [6.45, 7) is 4.96. The molecule has 1 saturated heterocycles. The maximum absolute atomic E-state index is 13.4. The van der Waals surface area contributed by atoms with Gasteiger partial charge < -0.3 is 9.30 Å². The number of carbonyl (C=O) groups excluding carboxylic acids is 1. The first-order valence-corrected chi connectivity index (χ1v) is 11.3. The molecule has 7 heteroatoms. The molecule has 1 fully saturated rings. The average Bonchev–Trinajstić information content (AvgIpc) is 3.35. The maximum Gasteiger partial charge on any atom is 0.278 e. The van der Waals surface area contributed by atoms with Crippen molar-refractivity contribution in [2.45, 2.75) is 39.3 Å². The Morgan fingerprint density at radius 1 is 1.18 bits per heavy atom. The Hall–Kier alpha value is -4.02. The van der Waals surface area contributed by atoms with E-state index in [0.717, 1.165) is 29.5 Å². The molecule has 0 aliphatic carbocycles. The fraction of sp³-hybridized carbons (Fsp3) is 0.259. The molecule has 3 aromatic heterocycles. The predicted molar refractivity (Wildman–Crippen MR) is 129 cm³/mol. The van der Waals surface area contributed by atoms with E-state index in [0.29, 0.717) is 29.6 Å². The molecule has 0 bridgehead atoms. The topological polar surface area (TPSA) is 88.9 Å². The van der Waals surface area contributed by atoms with E-state index < -0.39 is 5.91 Å². The Bertz CT molecular complexity index is 1600. The van der Waals surface area contributed by atoms with Crippen molar-refractivity contribution in [1.29, 1.82) is 5.26 Å². The number of fused-ring (bicyclic) bond motifs is 2. The van der Waals surface area contributed by atoms with E-state index in [1.165, 1.54) is 0 Å². The van der Waals surface area contributed by atoms with Crippen molar-refractivity contribution in [2.24, 2.45) is 4.99 Å². The summed E-state index contributed by atoms with van der Waals surface area (Å²) in [5.74, 6) is -0.439. The number of pyridine rings is 3. The molecule has 170 valence electrons. The molecule has 1 aliphatic heterocycles. The van der Waals surface area contributed by atoms with Crippen LogP contribution in [0.1, 0.15) is 39.9 Å². The molecule has 4 aromatic rings. The second-order valence-electron chi connectivity index (χ2n) is 8.72. The predicted octanol–water partition coefficient (Wildman–Crippen LogP) is 3.66. The van der Waals surface area contributed by atoms with Gasteiger partial charge >= 0.3 is 0 Å². The summed E-state index contributed by atoms with van der Waals surface area (Å²) in [5, 5.41) is 10.4. The number of hydrogen-bond donors (Lipinski definition) is 0. The number of rotatable bonds is 3. The summed E-state index contributed by atoms with van der Waals surface area (Å²) in [7, 11) is 0. The Morgan fingerprint density at radius 3 is 2.68 bits per heavy atom. The third-order valence-corrected chi connectivity index (χ3v) is 6.36. The molecule has 4 heterocycles. The highest BCUT2D eigenvalue weighted by atomic mass is 16.5. The molecule has 0 radical (unpaired) electrons. The van der Waals surface area contributed by atoms with Crippen molar-refractivity contribution in [3.8, 4) is 6.07 Å². The van der Waals surface area contributed by atoms with E-state index in [1.54, 1.807) is 28.8 Å². The van der Waals surface area contributed by atoms with Gasteiger partial charge in [0.15, 0.2) is 5.49 Å². The smallest absolute Gasteiger partial charge is 0.278 e. The molecule has 0 saturated carbocycles. The van der Waals surface area contributed by atoms with E-state index in [-0.39, 0.29) is 22.7 Å². The van der Waals surface area contributed by atoms with Gasteiger partial charge in [-0.15, -0.1) is 0 Å². The highest BCUT2D eigenvalue weighted by Gasteiger charge is 2.21. The summed E-state index contributed by atoms with van der Waals surface area (Å²) >= 11 is 0. The molecule has 0 unspecified atom stereocenters. The van der Waals surface area contributed by atoms with Crippen molar-refractivity contribution >= 4 is 22.3 Å². The van der Waals surface area contributed by atoms with Gasteiger partial charge in [-0.3, -0.25) is 14.0 Å². The quantitative estimate of drug-likeness (QED) is 0.444. The minimum atomic E-state index is -0.439. The van der Waals surface area contributed by atoms with Crippen LogP contribution in [-0.4, -0.2) is 27.6 Å². The van der Waals surface area contributed by atoms with E-state index in [4.69, 9.17) is 4.74 Å². The number of aryl methyl sites for hydroxylation is 2. The first kappa shape index (κ1) is 21.8. The van der Waals surface area contributed by atoms with Crippen LogP contribution >= 0.6 is 0 Å². The fourth-order valence-electron chi connectivity index (χ4n) is 4.50. The lowest BCUT2D eigenvalue weighted by atomic mass is 10.1. The van der Waals surface area contributed by atoms with E-state index in [2.05, 4.69) is 11.1 Å². The lowest BCUT2D eigenvalue weighted by Crippen LogP contribution is -2.32. The third kappa shape index (κ3) is 3.82. The number of hydrogen-bond acceptors (Lipinski definition) is 4. The highest BCUT2D eigenvalue weighted by Crippen LogP contribution is 2.20. The monoisotopic (exact) mass is 452 g/mol. The van der Waals surface area contributed by atoms with Crippen LogP contribution in [0.25, 0.3) is 16.4 Å². The molecular formula is C27H24N4O3. The van der Waals surface area contributed by atoms with Crippen molar-refractivity contribution in [3.05, 3.63) is 92.8 Å². The van der Waals surface area contributed by atoms with E-state index in [9.17, 15) is 14.9 Å². The molecule has 1 amide bonds. The maximum atomic E-state index is 13.4. The summed E-state index contributed by atoms with van der Waals surface area (Å²) in [6, 6.07) is 16.5. The number of amides is 1. The number of aromatic nitrogens is 2. The van der Waals surface area contributed by atoms with Crippen LogP contribution in [0.5, 0.6) is 0 Å². The molecule has 0 N–H and O–H groups in total. The second-order valence-corrected chi connectivity index (χ2v) is 8.72.